The van der Waals surface area contributed by atoms with Crippen molar-refractivity contribution in [1.82, 2.24) is 14.5 Å². The normalized spacial score (nSPS) is 12.9. The Bertz CT molecular complexity index is 937. The summed E-state index contributed by atoms with van der Waals surface area (Å²) in [6, 6.07) is 7.72. The first-order valence-corrected chi connectivity index (χ1v) is 11.8. The van der Waals surface area contributed by atoms with Crippen molar-refractivity contribution < 1.29 is 4.79 Å². The minimum absolute atomic E-state index is 0.0775. The van der Waals surface area contributed by atoms with Gasteiger partial charge in [-0.3, -0.25) is 9.36 Å². The number of benzene rings is 1. The van der Waals surface area contributed by atoms with E-state index in [1.165, 1.54) is 11.8 Å². The first kappa shape index (κ1) is 22.6. The number of fused-ring (bicyclic) bond motifs is 1. The van der Waals surface area contributed by atoms with Crippen molar-refractivity contribution in [3.63, 3.8) is 0 Å². The molecular formula is C23H32N4O2S. The smallest absolute Gasteiger partial charge is 0.325 e. The maximum atomic E-state index is 12.7. The second kappa shape index (κ2) is 10.8. The van der Waals surface area contributed by atoms with Gasteiger partial charge >= 0.3 is 5.69 Å². The third kappa shape index (κ3) is 5.52. The van der Waals surface area contributed by atoms with Crippen LogP contribution in [0.4, 0.5) is 5.69 Å². The summed E-state index contributed by atoms with van der Waals surface area (Å²) in [7, 11) is 0. The van der Waals surface area contributed by atoms with Crippen molar-refractivity contribution in [3.8, 4) is 0 Å². The quantitative estimate of drug-likeness (QED) is 0.463. The zero-order chi connectivity index (χ0) is 21.5. The lowest BCUT2D eigenvalue weighted by atomic mass is 10.2. The maximum Gasteiger partial charge on any atom is 0.348 e. The van der Waals surface area contributed by atoms with Crippen molar-refractivity contribution >= 4 is 23.4 Å². The molecule has 0 saturated carbocycles. The number of amides is 1. The third-order valence-corrected chi connectivity index (χ3v) is 6.73. The number of aryl methyl sites for hydroxylation is 1. The molecule has 3 rings (SSSR count). The van der Waals surface area contributed by atoms with Crippen LogP contribution in [-0.2, 0) is 24.2 Å². The highest BCUT2D eigenvalue weighted by Crippen LogP contribution is 2.29. The molecule has 0 spiro atoms. The number of thioether (sulfide) groups is 1. The van der Waals surface area contributed by atoms with Gasteiger partial charge in [0.05, 0.1) is 5.75 Å². The van der Waals surface area contributed by atoms with Crippen LogP contribution in [0.3, 0.4) is 0 Å². The molecule has 7 heteroatoms. The first-order valence-electron chi connectivity index (χ1n) is 10.9. The molecule has 2 aromatic rings. The van der Waals surface area contributed by atoms with Crippen molar-refractivity contribution in [2.45, 2.75) is 58.0 Å². The molecule has 0 atom stereocenters. The fourth-order valence-corrected chi connectivity index (χ4v) is 4.84. The molecule has 0 bridgehead atoms. The standard InChI is InChI=1S/C23H32N4O2S/c1-4-26(5-2)14-9-15-27-20-13-8-11-18(20)22(25-23(27)29)30-16-21(28)24-19-12-7-6-10-17(19)3/h6-7,10,12H,4-5,8-9,11,13-16H2,1-3H3,(H,24,28). The van der Waals surface area contributed by atoms with Crippen LogP contribution in [0.5, 0.6) is 0 Å². The van der Waals surface area contributed by atoms with E-state index in [0.717, 1.165) is 72.9 Å². The second-order valence-electron chi connectivity index (χ2n) is 7.66. The van der Waals surface area contributed by atoms with E-state index in [4.69, 9.17) is 0 Å². The van der Waals surface area contributed by atoms with E-state index in [-0.39, 0.29) is 17.3 Å². The Hall–Kier alpha value is -2.12. The van der Waals surface area contributed by atoms with Gasteiger partial charge in [0.1, 0.15) is 5.03 Å². The lowest BCUT2D eigenvalue weighted by molar-refractivity contribution is -0.113. The number of para-hydroxylation sites is 1. The van der Waals surface area contributed by atoms with Crippen LogP contribution < -0.4 is 11.0 Å². The number of nitrogens with zero attached hydrogens (tertiary/aromatic N) is 3. The monoisotopic (exact) mass is 428 g/mol. The minimum atomic E-state index is -0.183. The average molecular weight is 429 g/mol. The number of hydrogen-bond donors (Lipinski definition) is 1. The molecule has 0 fully saturated rings. The molecule has 1 aliphatic rings. The number of carbonyl (C=O) groups is 1. The van der Waals surface area contributed by atoms with Gasteiger partial charge in [0.2, 0.25) is 5.91 Å². The highest BCUT2D eigenvalue weighted by molar-refractivity contribution is 8.00. The molecule has 0 radical (unpaired) electrons. The number of anilines is 1. The highest BCUT2D eigenvalue weighted by Gasteiger charge is 2.22. The molecule has 1 N–H and O–H groups in total. The molecule has 162 valence electrons. The molecule has 30 heavy (non-hydrogen) atoms. The molecule has 6 nitrogen and oxygen atoms in total. The highest BCUT2D eigenvalue weighted by atomic mass is 32.2. The van der Waals surface area contributed by atoms with Gasteiger partial charge in [-0.25, -0.2) is 4.79 Å². The lowest BCUT2D eigenvalue weighted by Gasteiger charge is -2.19. The van der Waals surface area contributed by atoms with E-state index in [9.17, 15) is 9.59 Å². The number of hydrogen-bond acceptors (Lipinski definition) is 5. The van der Waals surface area contributed by atoms with Crippen LogP contribution in [-0.4, -0.2) is 45.7 Å². The van der Waals surface area contributed by atoms with Gasteiger partial charge in [0, 0.05) is 23.5 Å². The Morgan fingerprint density at radius 2 is 2.00 bits per heavy atom. The molecule has 1 aromatic carbocycles. The van der Waals surface area contributed by atoms with Crippen LogP contribution in [0.25, 0.3) is 0 Å². The largest absolute Gasteiger partial charge is 0.348 e. The molecule has 0 saturated heterocycles. The molecular weight excluding hydrogens is 396 g/mol. The van der Waals surface area contributed by atoms with Crippen LogP contribution >= 0.6 is 11.8 Å². The molecule has 0 aliphatic heterocycles. The molecule has 1 amide bonds. The molecule has 0 unspecified atom stereocenters. The van der Waals surface area contributed by atoms with Crippen LogP contribution in [0.15, 0.2) is 34.1 Å². The number of aromatic nitrogens is 2. The fourth-order valence-electron chi connectivity index (χ4n) is 3.96. The van der Waals surface area contributed by atoms with Gasteiger partial charge in [-0.15, -0.1) is 0 Å². The lowest BCUT2D eigenvalue weighted by Crippen LogP contribution is -2.30. The summed E-state index contributed by atoms with van der Waals surface area (Å²) >= 11 is 1.37. The van der Waals surface area contributed by atoms with Crippen molar-refractivity contribution in [2.75, 3.05) is 30.7 Å². The van der Waals surface area contributed by atoms with E-state index < -0.39 is 0 Å². The Kier molecular flexibility index (Phi) is 8.10. The predicted molar refractivity (Wildman–Crippen MR) is 123 cm³/mol. The van der Waals surface area contributed by atoms with Gasteiger partial charge in [-0.1, -0.05) is 43.8 Å². The summed E-state index contributed by atoms with van der Waals surface area (Å²) < 4.78 is 1.86. The number of carbonyl (C=O) groups excluding carboxylic acids is 1. The van der Waals surface area contributed by atoms with Gasteiger partial charge < -0.3 is 10.2 Å². The SMILES string of the molecule is CCN(CC)CCCn1c2c(c(SCC(=O)Nc3ccccc3C)nc1=O)CCC2. The Morgan fingerprint density at radius 3 is 2.73 bits per heavy atom. The van der Waals surface area contributed by atoms with Crippen LogP contribution in [0, 0.1) is 6.92 Å². The maximum absolute atomic E-state index is 12.7. The zero-order valence-electron chi connectivity index (χ0n) is 18.2. The predicted octanol–water partition coefficient (Wildman–Crippen LogP) is 3.50. The molecule has 1 heterocycles. The van der Waals surface area contributed by atoms with Crippen molar-refractivity contribution in [2.24, 2.45) is 0 Å². The number of nitrogens with one attached hydrogen (secondary N) is 1. The van der Waals surface area contributed by atoms with Crippen LogP contribution in [0.2, 0.25) is 0 Å². The summed E-state index contributed by atoms with van der Waals surface area (Å²) in [5.74, 6) is 0.172. The van der Waals surface area contributed by atoms with Gasteiger partial charge in [-0.05, 0) is 63.9 Å². The number of rotatable bonds is 10. The van der Waals surface area contributed by atoms with E-state index in [0.29, 0.717) is 6.54 Å². The topological polar surface area (TPSA) is 67.2 Å². The third-order valence-electron chi connectivity index (χ3n) is 5.71. The van der Waals surface area contributed by atoms with E-state index in [1.807, 2.05) is 35.8 Å². The zero-order valence-corrected chi connectivity index (χ0v) is 19.1. The van der Waals surface area contributed by atoms with E-state index in [1.54, 1.807) is 0 Å². The van der Waals surface area contributed by atoms with E-state index in [2.05, 4.69) is 29.0 Å². The summed E-state index contributed by atoms with van der Waals surface area (Å²) in [5, 5.41) is 3.68. The summed E-state index contributed by atoms with van der Waals surface area (Å²) in [6.45, 7) is 10.1. The Labute approximate surface area is 183 Å². The van der Waals surface area contributed by atoms with E-state index >= 15 is 0 Å². The van der Waals surface area contributed by atoms with Gasteiger partial charge in [0.25, 0.3) is 0 Å². The molecule has 1 aromatic heterocycles. The second-order valence-corrected chi connectivity index (χ2v) is 8.63. The average Bonchev–Trinajstić information content (AvgIpc) is 3.23. The van der Waals surface area contributed by atoms with Gasteiger partial charge in [0.15, 0.2) is 0 Å². The Balaban J connectivity index is 1.66. The van der Waals surface area contributed by atoms with Crippen molar-refractivity contribution in [1.29, 1.82) is 0 Å². The summed E-state index contributed by atoms with van der Waals surface area (Å²) in [6.07, 6.45) is 3.84. The summed E-state index contributed by atoms with van der Waals surface area (Å²) in [5.41, 5.74) is 3.95. The van der Waals surface area contributed by atoms with Gasteiger partial charge in [-0.2, -0.15) is 4.98 Å². The molecule has 1 aliphatic carbocycles. The minimum Gasteiger partial charge on any atom is -0.325 e. The Morgan fingerprint density at radius 1 is 1.23 bits per heavy atom. The first-order chi connectivity index (χ1) is 14.5. The van der Waals surface area contributed by atoms with Crippen molar-refractivity contribution in [3.05, 3.63) is 51.6 Å². The fraction of sp³-hybridized carbons (Fsp3) is 0.522. The van der Waals surface area contributed by atoms with Crippen LogP contribution in [0.1, 0.15) is 43.5 Å². The summed E-state index contributed by atoms with van der Waals surface area (Å²) in [4.78, 5) is 31.9.